The van der Waals surface area contributed by atoms with Crippen LogP contribution in [0.25, 0.3) is 131 Å². The molecular weight excluding hydrogens is 1030 g/mol. The number of para-hydroxylation sites is 1. The minimum atomic E-state index is 0.881. The normalized spacial score (nSPS) is 11.9. The monoisotopic (exact) mass is 1080 g/mol. The fraction of sp³-hybridized carbons (Fsp3) is 0.0263. The average molecular weight is 1080 g/mol. The number of allylic oxidation sites excluding steroid dienone is 5. The fourth-order valence-corrected chi connectivity index (χ4v) is 12.9. The van der Waals surface area contributed by atoms with Gasteiger partial charge in [0.2, 0.25) is 0 Å². The van der Waals surface area contributed by atoms with E-state index in [0.29, 0.717) is 0 Å². The Hall–Kier alpha value is -10.6. The zero-order valence-corrected chi connectivity index (χ0v) is 46.7. The van der Waals surface area contributed by atoms with Crippen LogP contribution in [0.2, 0.25) is 0 Å². The molecule has 8 aromatic carbocycles. The standard InChI is InChI=1S/C70H47N5S.C6H7N/c1-3-17-51(50(4-2)62-23-11-14-37-71-62)45-27-33-67-58(41-45)59-42-47(53-19-6-8-21-55(53)64-25-13-16-39-73-64)29-34-68(59)75(67)49-31-36-70-61(44-49)60-43-48(30-35-69(60)76-70)74-65-26-10-9-22-56(65)57-40-46(28-32-66(57)74)52-18-5-7-20-54(52)63-24-12-15-38-72-63;1-6-4-2-3-5-7-6/h3-44H,2H2,1H3;2-5H,1H3/b17-3-,51-50-;. The van der Waals surface area contributed by atoms with Crippen molar-refractivity contribution in [1.29, 1.82) is 0 Å². The Morgan fingerprint density at radius 2 is 0.880 bits per heavy atom. The van der Waals surface area contributed by atoms with Crippen molar-refractivity contribution in [3.05, 3.63) is 303 Å². The maximum absolute atomic E-state index is 4.77. The van der Waals surface area contributed by atoms with E-state index in [4.69, 9.17) is 15.0 Å². The van der Waals surface area contributed by atoms with E-state index >= 15 is 0 Å². The highest BCUT2D eigenvalue weighted by Gasteiger charge is 2.21. The van der Waals surface area contributed by atoms with Gasteiger partial charge in [-0.3, -0.25) is 19.9 Å². The summed E-state index contributed by atoms with van der Waals surface area (Å²) in [5.74, 6) is 0. The van der Waals surface area contributed by atoms with E-state index in [0.717, 1.165) is 106 Å². The van der Waals surface area contributed by atoms with E-state index in [9.17, 15) is 0 Å². The summed E-state index contributed by atoms with van der Waals surface area (Å²) in [6.07, 6.45) is 13.5. The van der Waals surface area contributed by atoms with Gasteiger partial charge in [-0.25, -0.2) is 0 Å². The number of pyridine rings is 4. The second-order valence-electron chi connectivity index (χ2n) is 20.6. The second kappa shape index (κ2) is 21.8. The minimum Gasteiger partial charge on any atom is -0.309 e. The molecule has 0 fully saturated rings. The fourth-order valence-electron chi connectivity index (χ4n) is 11.9. The Labute approximate surface area is 485 Å². The first kappa shape index (κ1) is 50.6. The number of aryl methyl sites for hydroxylation is 1. The SMILES string of the molecule is C=C/C(=C(\C=C/C)c1ccc2c(c1)c1cc(-c3ccccc3-c3ccccn3)ccc1n2-c1ccc2sc3ccc(-n4c5ccccc5c5cc(-c6ccccc6-c6ccccn6)ccc54)cc3c2c1)c1ccccn1.Cc1ccccn1. The zero-order chi connectivity index (χ0) is 55.8. The highest BCUT2D eigenvalue weighted by Crippen LogP contribution is 2.44. The molecule has 0 unspecified atom stereocenters. The lowest BCUT2D eigenvalue weighted by molar-refractivity contribution is 1.18. The Morgan fingerprint density at radius 1 is 0.398 bits per heavy atom. The summed E-state index contributed by atoms with van der Waals surface area (Å²) in [5, 5.41) is 7.21. The van der Waals surface area contributed by atoms with Crippen molar-refractivity contribution in [3.8, 4) is 56.1 Å². The molecule has 15 aromatic rings. The molecule has 15 rings (SSSR count). The van der Waals surface area contributed by atoms with E-state index in [2.05, 4.69) is 228 Å². The number of aromatic nitrogens is 6. The van der Waals surface area contributed by atoms with Gasteiger partial charge in [0.25, 0.3) is 0 Å². The summed E-state index contributed by atoms with van der Waals surface area (Å²) in [4.78, 5) is 18.2. The van der Waals surface area contributed by atoms with E-state index < -0.39 is 0 Å². The molecule has 83 heavy (non-hydrogen) atoms. The van der Waals surface area contributed by atoms with Gasteiger partial charge in [0.15, 0.2) is 0 Å². The van der Waals surface area contributed by atoms with Gasteiger partial charge in [-0.1, -0.05) is 134 Å². The molecule has 0 aliphatic heterocycles. The number of fused-ring (bicyclic) bond motifs is 9. The van der Waals surface area contributed by atoms with Gasteiger partial charge in [-0.05, 0) is 175 Å². The van der Waals surface area contributed by atoms with Crippen molar-refractivity contribution in [1.82, 2.24) is 29.1 Å². The van der Waals surface area contributed by atoms with Crippen molar-refractivity contribution in [2.75, 3.05) is 0 Å². The van der Waals surface area contributed by atoms with Crippen LogP contribution in [0.3, 0.4) is 0 Å². The number of benzene rings is 8. The molecule has 0 amide bonds. The Bertz CT molecular complexity index is 4990. The number of nitrogens with zero attached hydrogens (tertiary/aromatic N) is 6. The van der Waals surface area contributed by atoms with Crippen LogP contribution in [0.5, 0.6) is 0 Å². The molecule has 0 aliphatic carbocycles. The Balaban J connectivity index is 0.000000820. The molecule has 0 bridgehead atoms. The number of thiophene rings is 1. The highest BCUT2D eigenvalue weighted by atomic mass is 32.1. The lowest BCUT2D eigenvalue weighted by atomic mass is 9.94. The van der Waals surface area contributed by atoms with Crippen molar-refractivity contribution in [2.24, 2.45) is 0 Å². The predicted molar refractivity (Wildman–Crippen MR) is 350 cm³/mol. The molecule has 0 atom stereocenters. The quantitative estimate of drug-likeness (QED) is 0.128. The van der Waals surface area contributed by atoms with Gasteiger partial charge in [-0.2, -0.15) is 0 Å². The highest BCUT2D eigenvalue weighted by molar-refractivity contribution is 7.25. The average Bonchev–Trinajstić information content (AvgIpc) is 3.50. The summed E-state index contributed by atoms with van der Waals surface area (Å²) < 4.78 is 7.38. The third-order valence-corrected chi connectivity index (χ3v) is 16.8. The molecule has 0 radical (unpaired) electrons. The van der Waals surface area contributed by atoms with E-state index in [1.54, 1.807) is 6.20 Å². The van der Waals surface area contributed by atoms with E-state index in [-0.39, 0.29) is 0 Å². The van der Waals surface area contributed by atoms with Crippen molar-refractivity contribution >= 4 is 86.3 Å². The van der Waals surface area contributed by atoms with Crippen molar-refractivity contribution < 1.29 is 0 Å². The number of rotatable bonds is 10. The van der Waals surface area contributed by atoms with E-state index in [1.165, 1.54) is 42.0 Å². The van der Waals surface area contributed by atoms with Crippen LogP contribution in [0.4, 0.5) is 0 Å². The van der Waals surface area contributed by atoms with E-state index in [1.807, 2.05) is 91.5 Å². The van der Waals surface area contributed by atoms with Gasteiger partial charge in [0, 0.05) is 100 Å². The van der Waals surface area contributed by atoms with Crippen LogP contribution in [0, 0.1) is 6.92 Å². The summed E-state index contributed by atoms with van der Waals surface area (Å²) in [7, 11) is 0. The molecule has 7 aromatic heterocycles. The summed E-state index contributed by atoms with van der Waals surface area (Å²) in [6.45, 7) is 8.30. The smallest absolute Gasteiger partial charge is 0.0708 e. The molecule has 0 saturated carbocycles. The molecule has 0 spiro atoms. The Morgan fingerprint density at radius 3 is 1.39 bits per heavy atom. The molecule has 7 heterocycles. The van der Waals surface area contributed by atoms with Crippen molar-refractivity contribution in [2.45, 2.75) is 13.8 Å². The molecule has 0 N–H and O–H groups in total. The van der Waals surface area contributed by atoms with Gasteiger partial charge < -0.3 is 9.13 Å². The maximum Gasteiger partial charge on any atom is 0.0708 e. The molecule has 0 aliphatic rings. The van der Waals surface area contributed by atoms with Crippen LogP contribution >= 0.6 is 11.3 Å². The summed E-state index contributed by atoms with van der Waals surface area (Å²) in [5.41, 5.74) is 20.6. The largest absolute Gasteiger partial charge is 0.309 e. The maximum atomic E-state index is 4.77. The number of hydrogen-bond donors (Lipinski definition) is 0. The Kier molecular flexibility index (Phi) is 13.3. The first-order valence-electron chi connectivity index (χ1n) is 27.9. The van der Waals surface area contributed by atoms with Crippen LogP contribution in [0.1, 0.15) is 23.9 Å². The van der Waals surface area contributed by atoms with Gasteiger partial charge >= 0.3 is 0 Å². The van der Waals surface area contributed by atoms with Crippen LogP contribution in [-0.4, -0.2) is 29.1 Å². The first-order valence-corrected chi connectivity index (χ1v) is 28.7. The third kappa shape index (κ3) is 9.29. The molecule has 394 valence electrons. The lowest BCUT2D eigenvalue weighted by Crippen LogP contribution is -1.95. The molecule has 6 nitrogen and oxygen atoms in total. The van der Waals surface area contributed by atoms with Crippen LogP contribution in [-0.2, 0) is 0 Å². The zero-order valence-electron chi connectivity index (χ0n) is 45.9. The van der Waals surface area contributed by atoms with Gasteiger partial charge in [0.1, 0.15) is 0 Å². The summed E-state index contributed by atoms with van der Waals surface area (Å²) in [6, 6.07) is 84.7. The second-order valence-corrected chi connectivity index (χ2v) is 21.7. The lowest BCUT2D eigenvalue weighted by Gasteiger charge is -2.12. The summed E-state index contributed by atoms with van der Waals surface area (Å²) >= 11 is 1.85. The minimum absolute atomic E-state index is 0.881. The van der Waals surface area contributed by atoms with Crippen LogP contribution < -0.4 is 0 Å². The number of hydrogen-bond acceptors (Lipinski definition) is 5. The van der Waals surface area contributed by atoms with Crippen LogP contribution in [0.15, 0.2) is 286 Å². The molecule has 7 heteroatoms. The third-order valence-electron chi connectivity index (χ3n) is 15.6. The van der Waals surface area contributed by atoms with Gasteiger partial charge in [0.05, 0.1) is 39.1 Å². The molecular formula is C76H54N6S. The first-order chi connectivity index (χ1) is 41.0. The molecule has 0 saturated heterocycles. The van der Waals surface area contributed by atoms with Crippen molar-refractivity contribution in [3.63, 3.8) is 0 Å². The predicted octanol–water partition coefficient (Wildman–Crippen LogP) is 20.2. The van der Waals surface area contributed by atoms with Gasteiger partial charge in [-0.15, -0.1) is 11.3 Å². The topological polar surface area (TPSA) is 61.4 Å².